The van der Waals surface area contributed by atoms with Crippen molar-refractivity contribution in [2.24, 2.45) is 0 Å². The monoisotopic (exact) mass is 299 g/mol. The molecule has 0 amide bonds. The van der Waals surface area contributed by atoms with Crippen LogP contribution in [0.1, 0.15) is 17.7 Å². The summed E-state index contributed by atoms with van der Waals surface area (Å²) in [5.74, 6) is 1.50. The number of rotatable bonds is 4. The lowest BCUT2D eigenvalue weighted by atomic mass is 10.1. The van der Waals surface area contributed by atoms with Crippen LogP contribution >= 0.6 is 0 Å². The summed E-state index contributed by atoms with van der Waals surface area (Å²) in [4.78, 5) is 14.9. The number of nitrogens with one attached hydrogen (secondary N) is 1. The van der Waals surface area contributed by atoms with Crippen LogP contribution in [0.4, 0.5) is 4.39 Å². The van der Waals surface area contributed by atoms with Crippen molar-refractivity contribution in [3.63, 3.8) is 0 Å². The summed E-state index contributed by atoms with van der Waals surface area (Å²) in [5.41, 5.74) is 0.0913. The van der Waals surface area contributed by atoms with Crippen molar-refractivity contribution >= 4 is 11.5 Å². The minimum atomic E-state index is -1.39. The molecule has 3 rings (SSSR count). The molecule has 3 aromatic rings. The quantitative estimate of drug-likeness (QED) is 0.720. The second-order valence-corrected chi connectivity index (χ2v) is 4.42. The summed E-state index contributed by atoms with van der Waals surface area (Å²) in [7, 11) is 0. The Hall–Kier alpha value is -3.02. The average Bonchev–Trinajstić information content (AvgIpc) is 3.20. The molecule has 1 unspecified atom stereocenters. The lowest BCUT2D eigenvalue weighted by Gasteiger charge is -2.05. The molecule has 0 bridgehead atoms. The zero-order valence-electron chi connectivity index (χ0n) is 11.2. The first-order valence-electron chi connectivity index (χ1n) is 6.34. The van der Waals surface area contributed by atoms with Crippen molar-refractivity contribution in [3.05, 3.63) is 60.1 Å². The van der Waals surface area contributed by atoms with Gasteiger partial charge in [-0.1, -0.05) is 12.1 Å². The molecular formula is C15H10FN3O3. The van der Waals surface area contributed by atoms with Crippen LogP contribution in [0.2, 0.25) is 0 Å². The van der Waals surface area contributed by atoms with Gasteiger partial charge in [-0.3, -0.25) is 5.10 Å². The van der Waals surface area contributed by atoms with Gasteiger partial charge >= 0.3 is 0 Å². The molecule has 0 saturated heterocycles. The Bertz CT molecular complexity index is 835. The number of halogens is 1. The van der Waals surface area contributed by atoms with E-state index in [4.69, 9.17) is 4.42 Å². The molecular weight excluding hydrogens is 289 g/mol. The zero-order valence-corrected chi connectivity index (χ0v) is 11.2. The van der Waals surface area contributed by atoms with Gasteiger partial charge in [-0.15, -0.1) is 0 Å². The number of hydrogen-bond acceptors (Lipinski definition) is 5. The van der Waals surface area contributed by atoms with Crippen molar-refractivity contribution in [2.45, 2.75) is 6.10 Å². The van der Waals surface area contributed by atoms with Crippen LogP contribution < -0.4 is 0 Å². The van der Waals surface area contributed by atoms with Gasteiger partial charge < -0.3 is 9.52 Å². The van der Waals surface area contributed by atoms with Gasteiger partial charge in [-0.05, 0) is 24.3 Å². The van der Waals surface area contributed by atoms with Crippen LogP contribution in [0, 0.1) is 5.82 Å². The molecule has 7 heteroatoms. The number of nitrogens with zero attached hydrogens (tertiary/aromatic N) is 2. The SMILES string of the molecule is O=C=C(c1ccc(-c2ccccc2F)o1)C(O)c1nc[nH]n1. The van der Waals surface area contributed by atoms with Crippen LogP contribution in [0.3, 0.4) is 0 Å². The Labute approximate surface area is 123 Å². The normalized spacial score (nSPS) is 11.9. The van der Waals surface area contributed by atoms with E-state index in [9.17, 15) is 14.3 Å². The number of hydrogen-bond donors (Lipinski definition) is 2. The topological polar surface area (TPSA) is 92.0 Å². The van der Waals surface area contributed by atoms with E-state index in [1.807, 2.05) is 0 Å². The zero-order chi connectivity index (χ0) is 15.5. The summed E-state index contributed by atoms with van der Waals surface area (Å²) in [5, 5.41) is 16.2. The molecule has 0 fully saturated rings. The minimum absolute atomic E-state index is 0.0159. The summed E-state index contributed by atoms with van der Waals surface area (Å²) >= 11 is 0. The van der Waals surface area contributed by atoms with Gasteiger partial charge in [-0.25, -0.2) is 14.2 Å². The van der Waals surface area contributed by atoms with Gasteiger partial charge in [0.25, 0.3) is 0 Å². The molecule has 2 N–H and O–H groups in total. The molecule has 110 valence electrons. The first-order chi connectivity index (χ1) is 10.7. The number of benzene rings is 1. The van der Waals surface area contributed by atoms with Crippen LogP contribution in [-0.4, -0.2) is 26.2 Å². The second kappa shape index (κ2) is 5.77. The molecule has 2 aromatic heterocycles. The number of carbonyl (C=O) groups excluding carboxylic acids is 1. The third-order valence-electron chi connectivity index (χ3n) is 3.07. The van der Waals surface area contributed by atoms with Gasteiger partial charge in [-0.2, -0.15) is 5.10 Å². The summed E-state index contributed by atoms with van der Waals surface area (Å²) < 4.78 is 19.2. The highest BCUT2D eigenvalue weighted by atomic mass is 19.1. The van der Waals surface area contributed by atoms with Crippen molar-refractivity contribution in [3.8, 4) is 11.3 Å². The maximum absolute atomic E-state index is 13.7. The molecule has 0 saturated carbocycles. The first-order valence-corrected chi connectivity index (χ1v) is 6.34. The van der Waals surface area contributed by atoms with Gasteiger partial charge in [0.2, 0.25) is 0 Å². The largest absolute Gasteiger partial charge is 0.455 e. The number of aromatic nitrogens is 3. The fourth-order valence-electron chi connectivity index (χ4n) is 2.01. The van der Waals surface area contributed by atoms with E-state index in [0.29, 0.717) is 0 Å². The Morgan fingerprint density at radius 3 is 2.82 bits per heavy atom. The number of H-pyrrole nitrogens is 1. The summed E-state index contributed by atoms with van der Waals surface area (Å²) in [6, 6.07) is 9.05. The van der Waals surface area contributed by atoms with E-state index < -0.39 is 11.9 Å². The molecule has 1 atom stereocenters. The molecule has 0 spiro atoms. The van der Waals surface area contributed by atoms with Gasteiger partial charge in [0, 0.05) is 0 Å². The van der Waals surface area contributed by atoms with Gasteiger partial charge in [0.15, 0.2) is 11.9 Å². The maximum atomic E-state index is 13.7. The average molecular weight is 299 g/mol. The minimum Gasteiger partial charge on any atom is -0.455 e. The fourth-order valence-corrected chi connectivity index (χ4v) is 2.01. The van der Waals surface area contributed by atoms with Gasteiger partial charge in [0.05, 0.1) is 5.56 Å². The molecule has 0 radical (unpaired) electrons. The molecule has 0 aliphatic heterocycles. The van der Waals surface area contributed by atoms with Crippen LogP contribution in [0.15, 0.2) is 47.1 Å². The van der Waals surface area contributed by atoms with E-state index in [1.165, 1.54) is 24.5 Å². The maximum Gasteiger partial charge on any atom is 0.184 e. The molecule has 2 heterocycles. The Kier molecular flexibility index (Phi) is 3.65. The van der Waals surface area contributed by atoms with E-state index in [-0.39, 0.29) is 28.5 Å². The van der Waals surface area contributed by atoms with Crippen LogP contribution in [0.25, 0.3) is 16.9 Å². The Morgan fingerprint density at radius 1 is 1.32 bits per heavy atom. The predicted molar refractivity (Wildman–Crippen MR) is 74.5 cm³/mol. The molecule has 0 aliphatic carbocycles. The summed E-state index contributed by atoms with van der Waals surface area (Å²) in [6.45, 7) is 0. The fraction of sp³-hybridized carbons (Fsp3) is 0.0667. The van der Waals surface area contributed by atoms with Crippen molar-refractivity contribution in [1.82, 2.24) is 15.2 Å². The van der Waals surface area contributed by atoms with Crippen molar-refractivity contribution < 1.29 is 18.7 Å². The first kappa shape index (κ1) is 13.9. The highest BCUT2D eigenvalue weighted by Crippen LogP contribution is 2.31. The lowest BCUT2D eigenvalue weighted by Crippen LogP contribution is -2.03. The van der Waals surface area contributed by atoms with Gasteiger partial charge in [0.1, 0.15) is 35.2 Å². The molecule has 6 nitrogen and oxygen atoms in total. The van der Waals surface area contributed by atoms with Crippen molar-refractivity contribution in [2.75, 3.05) is 0 Å². The number of aromatic amines is 1. The number of aliphatic hydroxyl groups excluding tert-OH is 1. The highest BCUT2D eigenvalue weighted by molar-refractivity contribution is 5.88. The van der Waals surface area contributed by atoms with E-state index in [1.54, 1.807) is 24.1 Å². The lowest BCUT2D eigenvalue weighted by molar-refractivity contribution is 0.226. The second-order valence-electron chi connectivity index (χ2n) is 4.42. The molecule has 22 heavy (non-hydrogen) atoms. The van der Waals surface area contributed by atoms with Crippen LogP contribution in [-0.2, 0) is 4.79 Å². The third-order valence-corrected chi connectivity index (χ3v) is 3.07. The number of furan rings is 1. The van der Waals surface area contributed by atoms with E-state index in [0.717, 1.165) is 0 Å². The Balaban J connectivity index is 1.96. The standard InChI is InChI=1S/C15H10FN3O3/c16-11-4-2-1-3-9(11)12-5-6-13(22-12)10(7-20)14(21)15-17-8-18-19-15/h1-6,8,14,21H,(H,17,18,19). The Morgan fingerprint density at radius 2 is 2.14 bits per heavy atom. The predicted octanol–water partition coefficient (Wildman–Crippen LogP) is 2.15. The summed E-state index contributed by atoms with van der Waals surface area (Å²) in [6.07, 6.45) is -0.114. The number of aliphatic hydroxyl groups is 1. The molecule has 1 aromatic carbocycles. The van der Waals surface area contributed by atoms with Crippen LogP contribution in [0.5, 0.6) is 0 Å². The smallest absolute Gasteiger partial charge is 0.184 e. The van der Waals surface area contributed by atoms with E-state index in [2.05, 4.69) is 15.2 Å². The van der Waals surface area contributed by atoms with Crippen molar-refractivity contribution in [1.29, 1.82) is 0 Å². The van der Waals surface area contributed by atoms with E-state index >= 15 is 0 Å². The molecule has 0 aliphatic rings. The third kappa shape index (κ3) is 2.46. The highest BCUT2D eigenvalue weighted by Gasteiger charge is 2.23.